The highest BCUT2D eigenvalue weighted by Crippen LogP contribution is 2.44. The van der Waals surface area contributed by atoms with Gasteiger partial charge in [-0.15, -0.1) is 0 Å². The number of hydrogen-bond acceptors (Lipinski definition) is 5. The number of benzene rings is 1. The molecule has 2 aromatic heterocycles. The van der Waals surface area contributed by atoms with Crippen molar-refractivity contribution in [2.24, 2.45) is 0 Å². The van der Waals surface area contributed by atoms with Gasteiger partial charge in [-0.2, -0.15) is 5.26 Å². The molecule has 0 radical (unpaired) electrons. The lowest BCUT2D eigenvalue weighted by Crippen LogP contribution is -2.14. The van der Waals surface area contributed by atoms with Gasteiger partial charge in [0.15, 0.2) is 11.6 Å². The molecule has 5 heteroatoms. The lowest BCUT2D eigenvalue weighted by atomic mass is 9.97. The fraction of sp³-hybridized carbons (Fsp3) is 0.200. The molecule has 1 aliphatic rings. The van der Waals surface area contributed by atoms with Crippen LogP contribution < -0.4 is 0 Å². The number of oxazole rings is 1. The molecule has 3 aromatic rings. The molecule has 1 fully saturated rings. The SMILES string of the molecule is N#C[C@H](C(=O)c1nc(-c2ccccc2)oc1C1CC1)c1ccccn1. The van der Waals surface area contributed by atoms with Gasteiger partial charge in [-0.25, -0.2) is 4.98 Å². The summed E-state index contributed by atoms with van der Waals surface area (Å²) < 4.78 is 5.91. The summed E-state index contributed by atoms with van der Waals surface area (Å²) in [4.78, 5) is 21.6. The zero-order valence-corrected chi connectivity index (χ0v) is 13.4. The smallest absolute Gasteiger partial charge is 0.226 e. The molecule has 1 atom stereocenters. The number of carbonyl (C=O) groups is 1. The Morgan fingerprint density at radius 2 is 1.92 bits per heavy atom. The Hall–Kier alpha value is -3.26. The Morgan fingerprint density at radius 1 is 1.16 bits per heavy atom. The molecule has 122 valence electrons. The largest absolute Gasteiger partial charge is 0.440 e. The maximum absolute atomic E-state index is 13.0. The lowest BCUT2D eigenvalue weighted by molar-refractivity contribution is 0.0971. The van der Waals surface area contributed by atoms with Gasteiger partial charge in [0.05, 0.1) is 11.8 Å². The predicted molar refractivity (Wildman–Crippen MR) is 90.8 cm³/mol. The fourth-order valence-electron chi connectivity index (χ4n) is 2.78. The van der Waals surface area contributed by atoms with E-state index in [0.717, 1.165) is 18.4 Å². The van der Waals surface area contributed by atoms with Gasteiger partial charge in [0.1, 0.15) is 5.76 Å². The molecule has 0 N–H and O–H groups in total. The van der Waals surface area contributed by atoms with Crippen molar-refractivity contribution in [3.63, 3.8) is 0 Å². The van der Waals surface area contributed by atoms with Gasteiger partial charge in [-0.3, -0.25) is 9.78 Å². The Labute approximate surface area is 145 Å². The highest BCUT2D eigenvalue weighted by molar-refractivity contribution is 6.02. The zero-order valence-electron chi connectivity index (χ0n) is 13.4. The first-order valence-corrected chi connectivity index (χ1v) is 8.19. The van der Waals surface area contributed by atoms with Gasteiger partial charge < -0.3 is 4.42 Å². The monoisotopic (exact) mass is 329 g/mol. The first-order chi connectivity index (χ1) is 12.3. The third-order valence-electron chi connectivity index (χ3n) is 4.23. The van der Waals surface area contributed by atoms with E-state index in [-0.39, 0.29) is 17.4 Å². The minimum atomic E-state index is -0.979. The van der Waals surface area contributed by atoms with Crippen LogP contribution in [0.3, 0.4) is 0 Å². The molecule has 1 aromatic carbocycles. The number of nitriles is 1. The molecule has 5 nitrogen and oxygen atoms in total. The van der Waals surface area contributed by atoms with Crippen molar-refractivity contribution < 1.29 is 9.21 Å². The standard InChI is InChI=1S/C20H15N3O2/c21-12-15(16-8-4-5-11-22-16)18(24)17-19(13-9-10-13)25-20(23-17)14-6-2-1-3-7-14/h1-8,11,13,15H,9-10H2/t15-/m0/s1. The lowest BCUT2D eigenvalue weighted by Gasteiger charge is -2.06. The Morgan fingerprint density at radius 3 is 2.56 bits per heavy atom. The number of pyridine rings is 1. The molecular formula is C20H15N3O2. The summed E-state index contributed by atoms with van der Waals surface area (Å²) in [5.74, 6) is -0.1000. The van der Waals surface area contributed by atoms with Crippen molar-refractivity contribution in [2.75, 3.05) is 0 Å². The molecule has 1 aliphatic carbocycles. The molecule has 25 heavy (non-hydrogen) atoms. The number of carbonyl (C=O) groups excluding carboxylic acids is 1. The minimum Gasteiger partial charge on any atom is -0.440 e. The van der Waals surface area contributed by atoms with Crippen LogP contribution in [0.5, 0.6) is 0 Å². The van der Waals surface area contributed by atoms with Gasteiger partial charge in [0, 0.05) is 17.7 Å². The van der Waals surface area contributed by atoms with Crippen LogP contribution in [0, 0.1) is 11.3 Å². The second-order valence-electron chi connectivity index (χ2n) is 6.05. The van der Waals surface area contributed by atoms with E-state index in [2.05, 4.69) is 16.0 Å². The van der Waals surface area contributed by atoms with E-state index < -0.39 is 5.92 Å². The highest BCUT2D eigenvalue weighted by atomic mass is 16.4. The van der Waals surface area contributed by atoms with Crippen LogP contribution in [0.15, 0.2) is 59.1 Å². The molecular weight excluding hydrogens is 314 g/mol. The van der Waals surface area contributed by atoms with Gasteiger partial charge in [-0.05, 0) is 37.1 Å². The van der Waals surface area contributed by atoms with Crippen LogP contribution in [0.4, 0.5) is 0 Å². The van der Waals surface area contributed by atoms with E-state index in [9.17, 15) is 10.1 Å². The topological polar surface area (TPSA) is 79.8 Å². The van der Waals surface area contributed by atoms with E-state index in [1.807, 2.05) is 30.3 Å². The van der Waals surface area contributed by atoms with Gasteiger partial charge in [-0.1, -0.05) is 24.3 Å². The quantitative estimate of drug-likeness (QED) is 0.658. The molecule has 2 heterocycles. The van der Waals surface area contributed by atoms with Crippen molar-refractivity contribution in [1.82, 2.24) is 9.97 Å². The molecule has 0 aliphatic heterocycles. The van der Waals surface area contributed by atoms with E-state index >= 15 is 0 Å². The summed E-state index contributed by atoms with van der Waals surface area (Å²) in [5, 5.41) is 9.51. The molecule has 0 spiro atoms. The van der Waals surface area contributed by atoms with Crippen LogP contribution >= 0.6 is 0 Å². The van der Waals surface area contributed by atoms with Crippen molar-refractivity contribution in [3.8, 4) is 17.5 Å². The van der Waals surface area contributed by atoms with Crippen molar-refractivity contribution >= 4 is 5.78 Å². The number of hydrogen-bond donors (Lipinski definition) is 0. The molecule has 0 saturated heterocycles. The summed E-state index contributed by atoms with van der Waals surface area (Å²) >= 11 is 0. The fourth-order valence-corrected chi connectivity index (χ4v) is 2.78. The number of nitrogens with zero attached hydrogens (tertiary/aromatic N) is 3. The maximum Gasteiger partial charge on any atom is 0.226 e. The Balaban J connectivity index is 1.75. The summed E-state index contributed by atoms with van der Waals surface area (Å²) in [5.41, 5.74) is 1.51. The Kier molecular flexibility index (Phi) is 3.87. The summed E-state index contributed by atoms with van der Waals surface area (Å²) in [6, 6.07) is 16.7. The van der Waals surface area contributed by atoms with Crippen LogP contribution in [0.1, 0.15) is 46.6 Å². The van der Waals surface area contributed by atoms with Crippen LogP contribution in [-0.4, -0.2) is 15.8 Å². The number of aromatic nitrogens is 2. The van der Waals surface area contributed by atoms with Crippen LogP contribution in [-0.2, 0) is 0 Å². The van der Waals surface area contributed by atoms with Crippen molar-refractivity contribution in [2.45, 2.75) is 24.7 Å². The normalized spacial score (nSPS) is 14.7. The van der Waals surface area contributed by atoms with Gasteiger partial charge in [0.2, 0.25) is 11.7 Å². The summed E-state index contributed by atoms with van der Waals surface area (Å²) in [6.07, 6.45) is 3.53. The van der Waals surface area contributed by atoms with E-state index in [1.54, 1.807) is 24.4 Å². The number of ketones is 1. The highest BCUT2D eigenvalue weighted by Gasteiger charge is 2.37. The molecule has 0 amide bonds. The third kappa shape index (κ3) is 2.94. The second kappa shape index (κ2) is 6.33. The average molecular weight is 329 g/mol. The van der Waals surface area contributed by atoms with E-state index in [4.69, 9.17) is 4.42 Å². The molecule has 0 unspecified atom stereocenters. The molecule has 0 bridgehead atoms. The van der Waals surface area contributed by atoms with Gasteiger partial charge in [0.25, 0.3) is 0 Å². The van der Waals surface area contributed by atoms with Gasteiger partial charge >= 0.3 is 0 Å². The average Bonchev–Trinajstić information content (AvgIpc) is 3.42. The van der Waals surface area contributed by atoms with E-state index in [1.165, 1.54) is 0 Å². The number of Topliss-reactive ketones (excluding diaryl/α,β-unsaturated/α-hetero) is 1. The van der Waals surface area contributed by atoms with Crippen LogP contribution in [0.25, 0.3) is 11.5 Å². The number of rotatable bonds is 5. The first-order valence-electron chi connectivity index (χ1n) is 8.19. The third-order valence-corrected chi connectivity index (χ3v) is 4.23. The van der Waals surface area contributed by atoms with Crippen molar-refractivity contribution in [3.05, 3.63) is 71.9 Å². The summed E-state index contributed by atoms with van der Waals surface area (Å²) in [7, 11) is 0. The minimum absolute atomic E-state index is 0.215. The molecule has 1 saturated carbocycles. The Bertz CT molecular complexity index is 938. The van der Waals surface area contributed by atoms with Crippen LogP contribution in [0.2, 0.25) is 0 Å². The molecule has 4 rings (SSSR count). The summed E-state index contributed by atoms with van der Waals surface area (Å²) in [6.45, 7) is 0. The first kappa shape index (κ1) is 15.3. The zero-order chi connectivity index (χ0) is 17.2. The predicted octanol–water partition coefficient (Wildman–Crippen LogP) is 4.10. The maximum atomic E-state index is 13.0. The van der Waals surface area contributed by atoms with Crippen molar-refractivity contribution in [1.29, 1.82) is 5.26 Å². The van der Waals surface area contributed by atoms with E-state index in [0.29, 0.717) is 17.3 Å². The second-order valence-corrected chi connectivity index (χ2v) is 6.05.